The third-order valence-electron chi connectivity index (χ3n) is 7.93. The van der Waals surface area contributed by atoms with Gasteiger partial charge in [-0.05, 0) is 74.4 Å². The largest absolute Gasteiger partial charge is 0.493 e. The van der Waals surface area contributed by atoms with Crippen LogP contribution in [0, 0.1) is 20.8 Å². The molecule has 0 atom stereocenters. The van der Waals surface area contributed by atoms with Crippen LogP contribution in [0.5, 0.6) is 11.5 Å². The minimum Gasteiger partial charge on any atom is -0.493 e. The minimum atomic E-state index is -0.789. The standard InChI is InChI=1S/C36H32N4O5/c1-22-13-11-12-18-28(22)36(43)45-29-20-19-25(21-30(29)44-4)33(31-23(2)37-39(34(31)41)26-14-7-5-8-15-26)32-24(3)38-40(35(32)42)27-16-9-6-10-17-27/h5-21,33,37-38H,1-4H3. The van der Waals surface area contributed by atoms with Crippen molar-refractivity contribution in [1.82, 2.24) is 19.6 Å². The number of aryl methyl sites for hydroxylation is 3. The number of aromatic amines is 2. The first-order valence-electron chi connectivity index (χ1n) is 14.5. The lowest BCUT2D eigenvalue weighted by Gasteiger charge is -2.18. The number of para-hydroxylation sites is 2. The zero-order chi connectivity index (χ0) is 31.7. The normalized spacial score (nSPS) is 11.1. The Bertz CT molecular complexity index is 2020. The number of carbonyl (C=O) groups is 1. The lowest BCUT2D eigenvalue weighted by atomic mass is 9.85. The molecule has 226 valence electrons. The van der Waals surface area contributed by atoms with Crippen LogP contribution in [0.2, 0.25) is 0 Å². The van der Waals surface area contributed by atoms with Crippen LogP contribution in [-0.4, -0.2) is 32.6 Å². The number of benzene rings is 4. The van der Waals surface area contributed by atoms with E-state index in [-0.39, 0.29) is 22.6 Å². The number of ether oxygens (including phenoxy) is 2. The summed E-state index contributed by atoms with van der Waals surface area (Å²) in [7, 11) is 1.48. The van der Waals surface area contributed by atoms with Crippen LogP contribution in [-0.2, 0) is 0 Å². The number of H-pyrrole nitrogens is 2. The molecule has 0 amide bonds. The molecule has 0 aliphatic heterocycles. The fraction of sp³-hybridized carbons (Fsp3) is 0.139. The molecule has 0 unspecified atom stereocenters. The first-order valence-corrected chi connectivity index (χ1v) is 14.5. The lowest BCUT2D eigenvalue weighted by molar-refractivity contribution is 0.0729. The molecule has 2 heterocycles. The number of carbonyl (C=O) groups excluding carboxylic acids is 1. The highest BCUT2D eigenvalue weighted by Gasteiger charge is 2.32. The maximum absolute atomic E-state index is 14.1. The number of nitrogens with zero attached hydrogens (tertiary/aromatic N) is 2. The molecule has 0 aliphatic carbocycles. The molecule has 2 aromatic heterocycles. The third kappa shape index (κ3) is 5.40. The molecule has 6 aromatic rings. The van der Waals surface area contributed by atoms with Crippen LogP contribution >= 0.6 is 0 Å². The molecular weight excluding hydrogens is 568 g/mol. The van der Waals surface area contributed by atoms with Gasteiger partial charge in [-0.1, -0.05) is 60.7 Å². The Morgan fingerprint density at radius 1 is 0.667 bits per heavy atom. The van der Waals surface area contributed by atoms with E-state index in [1.165, 1.54) is 16.5 Å². The summed E-state index contributed by atoms with van der Waals surface area (Å²) < 4.78 is 14.4. The van der Waals surface area contributed by atoms with E-state index in [2.05, 4.69) is 10.2 Å². The Labute approximate surface area is 259 Å². The van der Waals surface area contributed by atoms with Gasteiger partial charge >= 0.3 is 5.97 Å². The number of rotatable bonds is 8. The zero-order valence-corrected chi connectivity index (χ0v) is 25.3. The van der Waals surface area contributed by atoms with Crippen LogP contribution in [0.25, 0.3) is 11.4 Å². The molecule has 0 spiro atoms. The van der Waals surface area contributed by atoms with Gasteiger partial charge in [-0.2, -0.15) is 0 Å². The highest BCUT2D eigenvalue weighted by molar-refractivity contribution is 5.92. The molecule has 0 saturated heterocycles. The van der Waals surface area contributed by atoms with Crippen LogP contribution in [0.3, 0.4) is 0 Å². The summed E-state index contributed by atoms with van der Waals surface area (Å²) in [5, 5.41) is 6.40. The predicted molar refractivity (Wildman–Crippen MR) is 172 cm³/mol. The van der Waals surface area contributed by atoms with Gasteiger partial charge in [0.25, 0.3) is 11.1 Å². The number of esters is 1. The molecule has 6 rings (SSSR count). The number of nitrogens with one attached hydrogen (secondary N) is 2. The smallest absolute Gasteiger partial charge is 0.343 e. The van der Waals surface area contributed by atoms with Crippen molar-refractivity contribution in [1.29, 1.82) is 0 Å². The molecule has 0 radical (unpaired) electrons. The fourth-order valence-corrected chi connectivity index (χ4v) is 5.70. The summed E-state index contributed by atoms with van der Waals surface area (Å²) in [5.74, 6) is -0.807. The van der Waals surface area contributed by atoms with E-state index in [4.69, 9.17) is 9.47 Å². The summed E-state index contributed by atoms with van der Waals surface area (Å²) in [6, 6.07) is 30.8. The second-order valence-corrected chi connectivity index (χ2v) is 10.8. The van der Waals surface area contributed by atoms with E-state index < -0.39 is 11.9 Å². The Kier molecular flexibility index (Phi) is 7.83. The predicted octanol–water partition coefficient (Wildman–Crippen LogP) is 5.98. The Morgan fingerprint density at radius 2 is 1.18 bits per heavy atom. The molecule has 0 fully saturated rings. The van der Waals surface area contributed by atoms with Gasteiger partial charge in [-0.25, -0.2) is 14.2 Å². The van der Waals surface area contributed by atoms with Gasteiger partial charge in [0.05, 0.1) is 35.2 Å². The molecule has 4 aromatic carbocycles. The highest BCUT2D eigenvalue weighted by Crippen LogP contribution is 2.37. The average Bonchev–Trinajstić information content (AvgIpc) is 3.52. The van der Waals surface area contributed by atoms with Crippen molar-refractivity contribution in [2.45, 2.75) is 26.7 Å². The van der Waals surface area contributed by atoms with Crippen molar-refractivity contribution < 1.29 is 14.3 Å². The van der Waals surface area contributed by atoms with Gasteiger partial charge < -0.3 is 9.47 Å². The van der Waals surface area contributed by atoms with Crippen molar-refractivity contribution in [2.75, 3.05) is 7.11 Å². The molecule has 45 heavy (non-hydrogen) atoms. The number of aromatic nitrogens is 4. The first kappa shape index (κ1) is 29.3. The fourth-order valence-electron chi connectivity index (χ4n) is 5.70. The van der Waals surface area contributed by atoms with E-state index in [1.807, 2.05) is 93.6 Å². The van der Waals surface area contributed by atoms with Crippen LogP contribution < -0.4 is 20.6 Å². The van der Waals surface area contributed by atoms with Crippen molar-refractivity contribution in [3.8, 4) is 22.9 Å². The van der Waals surface area contributed by atoms with Crippen molar-refractivity contribution >= 4 is 5.97 Å². The average molecular weight is 601 g/mol. The summed E-state index contributed by atoms with van der Waals surface area (Å²) in [6.45, 7) is 5.47. The van der Waals surface area contributed by atoms with E-state index >= 15 is 0 Å². The van der Waals surface area contributed by atoms with E-state index in [0.29, 0.717) is 45.0 Å². The second-order valence-electron chi connectivity index (χ2n) is 10.8. The Morgan fingerprint density at radius 3 is 1.69 bits per heavy atom. The highest BCUT2D eigenvalue weighted by atomic mass is 16.6. The molecule has 2 N–H and O–H groups in total. The summed E-state index contributed by atoms with van der Waals surface area (Å²) in [6.07, 6.45) is 0. The SMILES string of the molecule is COc1cc(C(c2c(C)[nH]n(-c3ccccc3)c2=O)c2c(C)[nH]n(-c3ccccc3)c2=O)ccc1OC(=O)c1ccccc1C. The van der Waals surface area contributed by atoms with Crippen molar-refractivity contribution in [2.24, 2.45) is 0 Å². The summed E-state index contributed by atoms with van der Waals surface area (Å²) in [4.78, 5) is 41.3. The van der Waals surface area contributed by atoms with Crippen molar-refractivity contribution in [3.63, 3.8) is 0 Å². The number of methoxy groups -OCH3 is 1. The Balaban J connectivity index is 1.52. The number of hydrogen-bond acceptors (Lipinski definition) is 5. The van der Waals surface area contributed by atoms with Crippen LogP contribution in [0.4, 0.5) is 0 Å². The third-order valence-corrected chi connectivity index (χ3v) is 7.93. The maximum Gasteiger partial charge on any atom is 0.343 e. The number of hydrogen-bond donors (Lipinski definition) is 2. The zero-order valence-electron chi connectivity index (χ0n) is 25.3. The maximum atomic E-state index is 14.1. The molecule has 0 aliphatic rings. The van der Waals surface area contributed by atoms with Gasteiger partial charge in [0, 0.05) is 17.3 Å². The van der Waals surface area contributed by atoms with Gasteiger partial charge in [-0.15, -0.1) is 0 Å². The van der Waals surface area contributed by atoms with Crippen LogP contribution in [0.15, 0.2) is 113 Å². The van der Waals surface area contributed by atoms with Gasteiger partial charge in [0.2, 0.25) is 0 Å². The molecule has 9 nitrogen and oxygen atoms in total. The Hall–Kier alpha value is -5.83. The summed E-state index contributed by atoms with van der Waals surface area (Å²) >= 11 is 0. The molecule has 0 bridgehead atoms. The first-order chi connectivity index (χ1) is 21.8. The monoisotopic (exact) mass is 600 g/mol. The second kappa shape index (κ2) is 12.0. The molecular formula is C36H32N4O5. The van der Waals surface area contributed by atoms with E-state index in [1.54, 1.807) is 30.3 Å². The van der Waals surface area contributed by atoms with E-state index in [0.717, 1.165) is 5.56 Å². The summed E-state index contributed by atoms with van der Waals surface area (Å²) in [5.41, 5.74) is 4.62. The van der Waals surface area contributed by atoms with Crippen LogP contribution in [0.1, 0.15) is 49.9 Å². The minimum absolute atomic E-state index is 0.216. The lowest BCUT2D eigenvalue weighted by Crippen LogP contribution is -2.25. The van der Waals surface area contributed by atoms with Gasteiger partial charge in [-0.3, -0.25) is 19.8 Å². The van der Waals surface area contributed by atoms with E-state index in [9.17, 15) is 14.4 Å². The van der Waals surface area contributed by atoms with Gasteiger partial charge in [0.15, 0.2) is 11.5 Å². The molecule has 0 saturated carbocycles. The quantitative estimate of drug-likeness (QED) is 0.165. The van der Waals surface area contributed by atoms with Gasteiger partial charge in [0.1, 0.15) is 0 Å². The van der Waals surface area contributed by atoms with Crippen molar-refractivity contribution in [3.05, 3.63) is 163 Å². The molecule has 9 heteroatoms. The topological polar surface area (TPSA) is 111 Å².